The van der Waals surface area contributed by atoms with E-state index >= 15 is 0 Å². The first-order chi connectivity index (χ1) is 16.4. The van der Waals surface area contributed by atoms with E-state index in [9.17, 15) is 19.2 Å². The quantitative estimate of drug-likeness (QED) is 0.404. The van der Waals surface area contributed by atoms with Gasteiger partial charge in [-0.3, -0.25) is 14.4 Å². The lowest BCUT2D eigenvalue weighted by Gasteiger charge is -2.19. The van der Waals surface area contributed by atoms with Crippen molar-refractivity contribution in [2.24, 2.45) is 23.7 Å². The Bertz CT molecular complexity index is 1220. The molecule has 2 aliphatic carbocycles. The number of carbonyl (C=O) groups is 4. The summed E-state index contributed by atoms with van der Waals surface area (Å²) in [4.78, 5) is 52.2. The van der Waals surface area contributed by atoms with Crippen molar-refractivity contribution in [2.45, 2.75) is 26.7 Å². The van der Waals surface area contributed by atoms with Crippen molar-refractivity contribution in [2.75, 3.05) is 16.8 Å². The summed E-state index contributed by atoms with van der Waals surface area (Å²) in [5.74, 6) is -1.94. The first kappa shape index (κ1) is 22.1. The van der Waals surface area contributed by atoms with Crippen LogP contribution in [0.5, 0.6) is 0 Å². The zero-order valence-electron chi connectivity index (χ0n) is 19.1. The Balaban J connectivity index is 1.23. The number of aryl methyl sites for hydroxylation is 1. The Morgan fingerprint density at radius 2 is 1.79 bits per heavy atom. The predicted octanol–water partition coefficient (Wildman–Crippen LogP) is 3.75. The number of benzene rings is 2. The van der Waals surface area contributed by atoms with Gasteiger partial charge in [-0.1, -0.05) is 36.8 Å². The second kappa shape index (κ2) is 8.56. The number of nitrogens with zero attached hydrogens (tertiary/aromatic N) is 1. The van der Waals surface area contributed by atoms with Crippen LogP contribution in [0.4, 0.5) is 11.4 Å². The maximum absolute atomic E-state index is 13.2. The minimum atomic E-state index is -0.699. The van der Waals surface area contributed by atoms with E-state index in [1.54, 1.807) is 24.3 Å². The van der Waals surface area contributed by atoms with Gasteiger partial charge in [0.05, 0.1) is 23.1 Å². The van der Waals surface area contributed by atoms with E-state index in [4.69, 9.17) is 4.74 Å². The lowest BCUT2D eigenvalue weighted by Crippen LogP contribution is -2.33. The first-order valence-electron chi connectivity index (χ1n) is 11.6. The lowest BCUT2D eigenvalue weighted by atomic mass is 9.82. The molecule has 7 nitrogen and oxygen atoms in total. The molecule has 1 N–H and O–H groups in total. The van der Waals surface area contributed by atoms with Crippen molar-refractivity contribution < 1.29 is 23.9 Å². The summed E-state index contributed by atoms with van der Waals surface area (Å²) in [5.41, 5.74) is 3.49. The Kier molecular flexibility index (Phi) is 5.55. The van der Waals surface area contributed by atoms with Gasteiger partial charge in [-0.15, -0.1) is 0 Å². The summed E-state index contributed by atoms with van der Waals surface area (Å²) in [6.45, 7) is 3.62. The minimum absolute atomic E-state index is 0.112. The third-order valence-electron chi connectivity index (χ3n) is 7.20. The highest BCUT2D eigenvalue weighted by Crippen LogP contribution is 2.55. The number of esters is 1. The van der Waals surface area contributed by atoms with E-state index in [0.29, 0.717) is 11.4 Å². The van der Waals surface area contributed by atoms with Gasteiger partial charge in [0.2, 0.25) is 11.8 Å². The van der Waals surface area contributed by atoms with E-state index in [-0.39, 0.29) is 41.0 Å². The molecular weight excluding hydrogens is 432 g/mol. The predicted molar refractivity (Wildman–Crippen MR) is 126 cm³/mol. The number of rotatable bonds is 6. The molecule has 1 aliphatic heterocycles. The fraction of sp³-hybridized carbons (Fsp3) is 0.333. The second-order valence-electron chi connectivity index (χ2n) is 9.21. The Labute approximate surface area is 197 Å². The van der Waals surface area contributed by atoms with Gasteiger partial charge in [0.1, 0.15) is 0 Å². The SMILES string of the molecule is CCc1ccc(NC(=O)COC(=O)c2cccc(N3C(=O)[C@H]4[C@H](C3=O)[C@H]3C=C(C)[C@H]4C3)c2)cc1. The maximum atomic E-state index is 13.2. The first-order valence-corrected chi connectivity index (χ1v) is 11.6. The van der Waals surface area contributed by atoms with Gasteiger partial charge in [-0.05, 0) is 67.5 Å². The highest BCUT2D eigenvalue weighted by molar-refractivity contribution is 6.23. The molecule has 3 aliphatic rings. The molecular formula is C27H26N2O5. The molecule has 1 saturated heterocycles. The van der Waals surface area contributed by atoms with Crippen molar-refractivity contribution in [3.05, 3.63) is 71.3 Å². The summed E-state index contributed by atoms with van der Waals surface area (Å²) in [6, 6.07) is 13.7. The molecule has 2 bridgehead atoms. The van der Waals surface area contributed by atoms with Gasteiger partial charge >= 0.3 is 5.97 Å². The van der Waals surface area contributed by atoms with Gasteiger partial charge in [-0.25, -0.2) is 9.69 Å². The fourth-order valence-corrected chi connectivity index (χ4v) is 5.54. The second-order valence-corrected chi connectivity index (χ2v) is 9.21. The summed E-state index contributed by atoms with van der Waals surface area (Å²) in [7, 11) is 0. The van der Waals surface area contributed by atoms with Crippen LogP contribution in [0.15, 0.2) is 60.2 Å². The average Bonchev–Trinajstić information content (AvgIpc) is 3.48. The molecule has 1 saturated carbocycles. The van der Waals surface area contributed by atoms with Crippen LogP contribution in [0.25, 0.3) is 0 Å². The maximum Gasteiger partial charge on any atom is 0.338 e. The number of fused-ring (bicyclic) bond motifs is 5. The number of amides is 3. The molecule has 3 amide bonds. The summed E-state index contributed by atoms with van der Waals surface area (Å²) < 4.78 is 5.16. The topological polar surface area (TPSA) is 92.8 Å². The van der Waals surface area contributed by atoms with Gasteiger partial charge < -0.3 is 10.1 Å². The van der Waals surface area contributed by atoms with E-state index in [1.165, 1.54) is 22.6 Å². The Morgan fingerprint density at radius 1 is 1.06 bits per heavy atom. The van der Waals surface area contributed by atoms with Crippen molar-refractivity contribution in [1.29, 1.82) is 0 Å². The van der Waals surface area contributed by atoms with Gasteiger partial charge in [-0.2, -0.15) is 0 Å². The van der Waals surface area contributed by atoms with E-state index in [0.717, 1.165) is 18.4 Å². The van der Waals surface area contributed by atoms with Crippen LogP contribution in [0.3, 0.4) is 0 Å². The average molecular weight is 459 g/mol. The molecule has 4 atom stereocenters. The molecule has 2 fully saturated rings. The van der Waals surface area contributed by atoms with Crippen LogP contribution in [-0.4, -0.2) is 30.3 Å². The van der Waals surface area contributed by atoms with Crippen LogP contribution in [0.2, 0.25) is 0 Å². The van der Waals surface area contributed by atoms with Crippen LogP contribution in [-0.2, 0) is 25.5 Å². The van der Waals surface area contributed by atoms with Crippen molar-refractivity contribution >= 4 is 35.1 Å². The fourth-order valence-electron chi connectivity index (χ4n) is 5.54. The third-order valence-corrected chi connectivity index (χ3v) is 7.20. The summed E-state index contributed by atoms with van der Waals surface area (Å²) in [5, 5.41) is 2.69. The zero-order chi connectivity index (χ0) is 24.0. The molecule has 7 heteroatoms. The Hall–Kier alpha value is -3.74. The molecule has 2 aromatic carbocycles. The van der Waals surface area contributed by atoms with Crippen molar-refractivity contribution in [1.82, 2.24) is 0 Å². The normalized spacial score (nSPS) is 24.8. The molecule has 0 aromatic heterocycles. The number of nitrogens with one attached hydrogen (secondary N) is 1. The third kappa shape index (κ3) is 3.71. The molecule has 2 aromatic rings. The van der Waals surface area contributed by atoms with E-state index in [1.807, 2.05) is 26.0 Å². The van der Waals surface area contributed by atoms with Gasteiger partial charge in [0.15, 0.2) is 6.61 Å². The number of hydrogen-bond acceptors (Lipinski definition) is 5. The highest BCUT2D eigenvalue weighted by Gasteiger charge is 2.60. The highest BCUT2D eigenvalue weighted by atomic mass is 16.5. The smallest absolute Gasteiger partial charge is 0.338 e. The number of carbonyl (C=O) groups excluding carboxylic acids is 4. The van der Waals surface area contributed by atoms with Crippen LogP contribution in [0.1, 0.15) is 36.2 Å². The molecule has 5 rings (SSSR count). The largest absolute Gasteiger partial charge is 0.452 e. The van der Waals surface area contributed by atoms with Crippen molar-refractivity contribution in [3.8, 4) is 0 Å². The molecule has 174 valence electrons. The number of anilines is 2. The molecule has 0 unspecified atom stereocenters. The van der Waals surface area contributed by atoms with Crippen LogP contribution >= 0.6 is 0 Å². The van der Waals surface area contributed by atoms with E-state index in [2.05, 4.69) is 11.4 Å². The van der Waals surface area contributed by atoms with Gasteiger partial charge in [0.25, 0.3) is 5.91 Å². The number of ether oxygens (including phenoxy) is 1. The standard InChI is InChI=1S/C27H26N2O5/c1-3-16-7-9-19(10-8-16)28-22(30)14-34-27(33)17-5-4-6-20(12-17)29-25(31)23-18-11-15(2)21(13-18)24(23)26(29)32/h4-12,18,21,23-24H,3,13-14H2,1-2H3,(H,28,30)/t18-,21+,23+,24+/m0/s1. The van der Waals surface area contributed by atoms with Gasteiger partial charge in [0, 0.05) is 5.69 Å². The Morgan fingerprint density at radius 3 is 2.53 bits per heavy atom. The monoisotopic (exact) mass is 458 g/mol. The van der Waals surface area contributed by atoms with Crippen molar-refractivity contribution in [3.63, 3.8) is 0 Å². The van der Waals surface area contributed by atoms with Crippen LogP contribution in [0, 0.1) is 23.7 Å². The summed E-state index contributed by atoms with van der Waals surface area (Å²) in [6.07, 6.45) is 3.89. The van der Waals surface area contributed by atoms with E-state index < -0.39 is 18.5 Å². The number of imide groups is 1. The van der Waals surface area contributed by atoms with Crippen LogP contribution < -0.4 is 10.2 Å². The molecule has 1 heterocycles. The lowest BCUT2D eigenvalue weighted by molar-refractivity contribution is -0.123. The zero-order valence-corrected chi connectivity index (χ0v) is 19.1. The number of hydrogen-bond donors (Lipinski definition) is 1. The molecule has 34 heavy (non-hydrogen) atoms. The molecule has 0 spiro atoms. The number of allylic oxidation sites excluding steroid dienone is 2. The minimum Gasteiger partial charge on any atom is -0.452 e. The molecule has 0 radical (unpaired) electrons. The summed E-state index contributed by atoms with van der Waals surface area (Å²) >= 11 is 0.